The van der Waals surface area contributed by atoms with Gasteiger partial charge < -0.3 is 30.6 Å². The zero-order chi connectivity index (χ0) is 22.9. The average Bonchev–Trinajstić information content (AvgIpc) is 3.20. The van der Waals surface area contributed by atoms with E-state index in [1.165, 1.54) is 0 Å². The van der Waals surface area contributed by atoms with E-state index in [1.54, 1.807) is 6.07 Å². The molecule has 9 nitrogen and oxygen atoms in total. The maximum atomic E-state index is 12.8. The lowest BCUT2D eigenvalue weighted by molar-refractivity contribution is -0.141. The molecule has 4 atom stereocenters. The van der Waals surface area contributed by atoms with E-state index >= 15 is 0 Å². The van der Waals surface area contributed by atoms with E-state index in [4.69, 9.17) is 4.74 Å². The van der Waals surface area contributed by atoms with E-state index in [0.29, 0.717) is 11.9 Å². The van der Waals surface area contributed by atoms with Gasteiger partial charge >= 0.3 is 6.18 Å². The number of hydrogen-bond donors (Lipinski definition) is 5. The second kappa shape index (κ2) is 8.73. The molecule has 0 radical (unpaired) electrons. The lowest BCUT2D eigenvalue weighted by atomic mass is 9.98. The van der Waals surface area contributed by atoms with Crippen molar-refractivity contribution in [2.24, 2.45) is 0 Å². The van der Waals surface area contributed by atoms with E-state index < -0.39 is 42.1 Å². The maximum Gasteiger partial charge on any atom is 0.434 e. The van der Waals surface area contributed by atoms with Gasteiger partial charge in [-0.2, -0.15) is 13.2 Å². The summed E-state index contributed by atoms with van der Waals surface area (Å²) in [6.07, 6.45) is -6.71. The van der Waals surface area contributed by atoms with Crippen LogP contribution < -0.4 is 10.6 Å². The average molecular weight is 451 g/mol. The Morgan fingerprint density at radius 2 is 2.00 bits per heavy atom. The number of carbonyl (C=O) groups excluding carboxylic acids is 1. The molecule has 0 aliphatic carbocycles. The van der Waals surface area contributed by atoms with E-state index in [-0.39, 0.29) is 19.0 Å². The summed E-state index contributed by atoms with van der Waals surface area (Å²) in [5.74, 6) is -0.629. The first-order valence-corrected chi connectivity index (χ1v) is 9.72. The van der Waals surface area contributed by atoms with Crippen molar-refractivity contribution in [3.05, 3.63) is 54.1 Å². The van der Waals surface area contributed by atoms with Gasteiger partial charge in [0.1, 0.15) is 29.8 Å². The van der Waals surface area contributed by atoms with Crippen molar-refractivity contribution < 1.29 is 32.9 Å². The number of H-pyrrole nitrogens is 1. The Morgan fingerprint density at radius 3 is 2.75 bits per heavy atom. The zero-order valence-electron chi connectivity index (χ0n) is 16.5. The standard InChI is InChI=1S/C20H20F3N5O4/c21-20(22,23)15-7-24-8-16(28-15)27-13-9-32-14(18(30)17(13)29)6-25-19(31)12-5-10-3-1-2-4-11(10)26-12/h1-5,7-8,13-14,17-18,26,29-30H,6,9H2,(H,25,31)(H,27,28)/t13-,14+,17+,18-/m0/s1. The number of nitrogens with zero attached hydrogens (tertiary/aromatic N) is 2. The highest BCUT2D eigenvalue weighted by Crippen LogP contribution is 2.28. The van der Waals surface area contributed by atoms with Crippen LogP contribution in [0.1, 0.15) is 16.2 Å². The number of ether oxygens (including phenoxy) is 1. The topological polar surface area (TPSA) is 132 Å². The number of para-hydroxylation sites is 1. The molecule has 1 amide bonds. The van der Waals surface area contributed by atoms with Gasteiger partial charge in [-0.15, -0.1) is 0 Å². The highest BCUT2D eigenvalue weighted by atomic mass is 19.4. The monoisotopic (exact) mass is 451 g/mol. The number of halogens is 3. The SMILES string of the molecule is O=C(NC[C@H]1OC[C@H](Nc2cncc(C(F)(F)F)n2)[C@@H](O)[C@H]1O)c1cc2ccccc2[nH]1. The minimum Gasteiger partial charge on any atom is -0.388 e. The first-order valence-electron chi connectivity index (χ1n) is 9.72. The minimum atomic E-state index is -4.67. The van der Waals surface area contributed by atoms with Crippen LogP contribution in [0.5, 0.6) is 0 Å². The van der Waals surface area contributed by atoms with E-state index in [0.717, 1.165) is 17.1 Å². The Bertz CT molecular complexity index is 1070. The molecular formula is C20H20F3N5O4. The number of aromatic nitrogens is 3. The van der Waals surface area contributed by atoms with E-state index in [2.05, 4.69) is 25.6 Å². The molecule has 0 bridgehead atoms. The Hall–Kier alpha value is -3.22. The number of amides is 1. The molecule has 0 spiro atoms. The molecule has 32 heavy (non-hydrogen) atoms. The fourth-order valence-corrected chi connectivity index (χ4v) is 3.44. The van der Waals surface area contributed by atoms with Gasteiger partial charge in [0, 0.05) is 17.4 Å². The predicted octanol–water partition coefficient (Wildman–Crippen LogP) is 1.31. The summed E-state index contributed by atoms with van der Waals surface area (Å²) in [6, 6.07) is 8.13. The number of nitrogens with one attached hydrogen (secondary N) is 3. The molecule has 1 aliphatic rings. The number of carbonyl (C=O) groups is 1. The van der Waals surface area contributed by atoms with Gasteiger partial charge in [-0.25, -0.2) is 4.98 Å². The van der Waals surface area contributed by atoms with Gasteiger partial charge in [-0.05, 0) is 12.1 Å². The summed E-state index contributed by atoms with van der Waals surface area (Å²) in [7, 11) is 0. The first-order chi connectivity index (χ1) is 15.2. The van der Waals surface area contributed by atoms with Crippen LogP contribution >= 0.6 is 0 Å². The quantitative estimate of drug-likeness (QED) is 0.395. The number of fused-ring (bicyclic) bond motifs is 1. The third kappa shape index (κ3) is 4.66. The molecule has 0 saturated carbocycles. The van der Waals surface area contributed by atoms with Crippen molar-refractivity contribution in [3.63, 3.8) is 0 Å². The van der Waals surface area contributed by atoms with Crippen LogP contribution in [0.15, 0.2) is 42.7 Å². The number of aromatic amines is 1. The largest absolute Gasteiger partial charge is 0.434 e. The third-order valence-electron chi connectivity index (χ3n) is 5.13. The fourth-order valence-electron chi connectivity index (χ4n) is 3.44. The molecule has 2 aromatic heterocycles. The van der Waals surface area contributed by atoms with Crippen LogP contribution in [0.25, 0.3) is 10.9 Å². The van der Waals surface area contributed by atoms with Gasteiger partial charge in [0.2, 0.25) is 0 Å². The third-order valence-corrected chi connectivity index (χ3v) is 5.13. The molecule has 5 N–H and O–H groups in total. The smallest absolute Gasteiger partial charge is 0.388 e. The lowest BCUT2D eigenvalue weighted by Gasteiger charge is -2.38. The van der Waals surface area contributed by atoms with Crippen molar-refractivity contribution in [2.75, 3.05) is 18.5 Å². The van der Waals surface area contributed by atoms with Crippen LogP contribution in [-0.4, -0.2) is 68.6 Å². The van der Waals surface area contributed by atoms with Crippen LogP contribution in [0.3, 0.4) is 0 Å². The van der Waals surface area contributed by atoms with Crippen LogP contribution in [-0.2, 0) is 10.9 Å². The Kier molecular flexibility index (Phi) is 6.00. The summed E-state index contributed by atoms with van der Waals surface area (Å²) < 4.78 is 43.9. The van der Waals surface area contributed by atoms with Crippen LogP contribution in [0.4, 0.5) is 19.0 Å². The number of hydrogen-bond acceptors (Lipinski definition) is 7. The molecule has 170 valence electrons. The number of benzene rings is 1. The summed E-state index contributed by atoms with van der Waals surface area (Å²) in [6.45, 7) is -0.217. The summed E-state index contributed by atoms with van der Waals surface area (Å²) in [5, 5.41) is 26.9. The molecule has 1 fully saturated rings. The minimum absolute atomic E-state index is 0.0808. The van der Waals surface area contributed by atoms with Gasteiger partial charge in [0.25, 0.3) is 5.91 Å². The van der Waals surface area contributed by atoms with Gasteiger partial charge in [0.05, 0.1) is 25.0 Å². The molecule has 0 unspecified atom stereocenters. The molecule has 12 heteroatoms. The second-order valence-electron chi connectivity index (χ2n) is 7.37. The maximum absolute atomic E-state index is 12.8. The summed E-state index contributed by atoms with van der Waals surface area (Å²) in [4.78, 5) is 22.3. The predicted molar refractivity (Wildman–Crippen MR) is 107 cm³/mol. The first kappa shape index (κ1) is 22.0. The summed E-state index contributed by atoms with van der Waals surface area (Å²) in [5.41, 5.74) is -0.0554. The summed E-state index contributed by atoms with van der Waals surface area (Å²) >= 11 is 0. The van der Waals surface area contributed by atoms with Gasteiger partial charge in [-0.1, -0.05) is 18.2 Å². The number of rotatable bonds is 5. The number of aliphatic hydroxyl groups is 2. The molecule has 1 aliphatic heterocycles. The highest BCUT2D eigenvalue weighted by Gasteiger charge is 2.39. The fraction of sp³-hybridized carbons (Fsp3) is 0.350. The van der Waals surface area contributed by atoms with Crippen molar-refractivity contribution in [3.8, 4) is 0 Å². The number of alkyl halides is 3. The van der Waals surface area contributed by atoms with E-state index in [1.807, 2.05) is 24.3 Å². The van der Waals surface area contributed by atoms with E-state index in [9.17, 15) is 28.2 Å². The van der Waals surface area contributed by atoms with Crippen molar-refractivity contribution >= 4 is 22.6 Å². The van der Waals surface area contributed by atoms with Crippen LogP contribution in [0, 0.1) is 0 Å². The van der Waals surface area contributed by atoms with Gasteiger partial charge in [0.15, 0.2) is 5.69 Å². The van der Waals surface area contributed by atoms with Crippen LogP contribution in [0.2, 0.25) is 0 Å². The molecular weight excluding hydrogens is 431 g/mol. The lowest BCUT2D eigenvalue weighted by Crippen LogP contribution is -2.58. The number of anilines is 1. The molecule has 3 heterocycles. The zero-order valence-corrected chi connectivity index (χ0v) is 16.5. The van der Waals surface area contributed by atoms with Gasteiger partial charge in [-0.3, -0.25) is 9.78 Å². The Labute approximate surface area is 179 Å². The highest BCUT2D eigenvalue weighted by molar-refractivity contribution is 5.97. The van der Waals surface area contributed by atoms with Crippen molar-refractivity contribution in [2.45, 2.75) is 30.5 Å². The Morgan fingerprint density at radius 1 is 1.22 bits per heavy atom. The molecule has 1 saturated heterocycles. The normalized spacial score (nSPS) is 23.8. The second-order valence-corrected chi connectivity index (χ2v) is 7.37. The Balaban J connectivity index is 1.34. The van der Waals surface area contributed by atoms with Crippen molar-refractivity contribution in [1.82, 2.24) is 20.3 Å². The molecule has 1 aromatic carbocycles. The number of aliphatic hydroxyl groups excluding tert-OH is 2. The molecule has 3 aromatic rings. The van der Waals surface area contributed by atoms with Crippen molar-refractivity contribution in [1.29, 1.82) is 0 Å². The molecule has 4 rings (SSSR count).